The molecule has 1 aromatic heterocycles. The molecule has 0 bridgehead atoms. The number of hydrogen-bond acceptors (Lipinski definition) is 6. The van der Waals surface area contributed by atoms with Crippen LogP contribution in [0.3, 0.4) is 0 Å². The van der Waals surface area contributed by atoms with Crippen molar-refractivity contribution in [2.75, 3.05) is 32.2 Å². The largest absolute Gasteiger partial charge is 0.447 e. The van der Waals surface area contributed by atoms with Gasteiger partial charge in [0.1, 0.15) is 17.7 Å². The fraction of sp³-hybridized carbons (Fsp3) is 0.381. The molecular formula is C21H23N3O4S. The first-order chi connectivity index (χ1) is 14.1. The number of hydrogen-bond donors (Lipinski definition) is 1. The fourth-order valence-corrected chi connectivity index (χ4v) is 4.39. The second-order valence-corrected chi connectivity index (χ2v) is 7.74. The van der Waals surface area contributed by atoms with Gasteiger partial charge >= 0.3 is 6.09 Å². The quantitative estimate of drug-likeness (QED) is 0.703. The number of nitrogens with zero attached hydrogens (tertiary/aromatic N) is 2. The van der Waals surface area contributed by atoms with E-state index in [0.717, 1.165) is 16.0 Å². The minimum absolute atomic E-state index is 0.125. The zero-order chi connectivity index (χ0) is 20.6. The Kier molecular flexibility index (Phi) is 7.22. The first kappa shape index (κ1) is 20.8. The van der Waals surface area contributed by atoms with Crippen LogP contribution in [0.4, 0.5) is 9.80 Å². The zero-order valence-electron chi connectivity index (χ0n) is 16.3. The van der Waals surface area contributed by atoms with Crippen LogP contribution < -0.4 is 5.32 Å². The predicted molar refractivity (Wildman–Crippen MR) is 110 cm³/mol. The summed E-state index contributed by atoms with van der Waals surface area (Å²) in [7, 11) is 1.55. The van der Waals surface area contributed by atoms with Gasteiger partial charge in [0.05, 0.1) is 18.7 Å². The molecule has 1 aliphatic heterocycles. The number of anilines is 1. The molecule has 0 unspecified atom stereocenters. The minimum Gasteiger partial charge on any atom is -0.447 e. The van der Waals surface area contributed by atoms with E-state index in [0.29, 0.717) is 49.5 Å². The number of amides is 2. The summed E-state index contributed by atoms with van der Waals surface area (Å²) in [6.45, 7) is 1.41. The number of ether oxygens (including phenoxy) is 2. The molecule has 0 radical (unpaired) electrons. The maximum Gasteiger partial charge on any atom is 0.410 e. The van der Waals surface area contributed by atoms with Crippen LogP contribution in [0, 0.1) is 11.3 Å². The number of rotatable bonds is 7. The van der Waals surface area contributed by atoms with Crippen LogP contribution in [-0.2, 0) is 33.7 Å². The fourth-order valence-electron chi connectivity index (χ4n) is 3.16. The number of carbonyl (C=O) groups is 2. The number of carbonyl (C=O) groups excluding carboxylic acids is 2. The van der Waals surface area contributed by atoms with Crippen molar-refractivity contribution in [3.63, 3.8) is 0 Å². The first-order valence-electron chi connectivity index (χ1n) is 9.41. The molecule has 0 spiro atoms. The smallest absolute Gasteiger partial charge is 0.410 e. The molecule has 0 saturated carbocycles. The molecule has 8 heteroatoms. The summed E-state index contributed by atoms with van der Waals surface area (Å²) >= 11 is 1.36. The van der Waals surface area contributed by atoms with E-state index in [4.69, 9.17) is 9.47 Å². The molecule has 7 nitrogen and oxygen atoms in total. The lowest BCUT2D eigenvalue weighted by Gasteiger charge is -2.26. The van der Waals surface area contributed by atoms with E-state index < -0.39 is 6.09 Å². The van der Waals surface area contributed by atoms with E-state index >= 15 is 0 Å². The van der Waals surface area contributed by atoms with Gasteiger partial charge in [-0.3, -0.25) is 4.79 Å². The number of fused-ring (bicyclic) bond motifs is 1. The molecule has 1 aliphatic rings. The van der Waals surface area contributed by atoms with Gasteiger partial charge in [0.2, 0.25) is 5.91 Å². The highest BCUT2D eigenvalue weighted by molar-refractivity contribution is 7.16. The Morgan fingerprint density at radius 1 is 1.28 bits per heavy atom. The Labute approximate surface area is 173 Å². The van der Waals surface area contributed by atoms with Crippen molar-refractivity contribution in [3.05, 3.63) is 51.9 Å². The monoisotopic (exact) mass is 413 g/mol. The molecule has 2 amide bonds. The van der Waals surface area contributed by atoms with E-state index in [1.165, 1.54) is 11.3 Å². The molecule has 0 saturated heterocycles. The number of aryl methyl sites for hydroxylation is 1. The van der Waals surface area contributed by atoms with Crippen molar-refractivity contribution in [2.45, 2.75) is 25.8 Å². The molecule has 1 aromatic carbocycles. The third-order valence-corrected chi connectivity index (χ3v) is 5.81. The normalized spacial score (nSPS) is 12.8. The van der Waals surface area contributed by atoms with Gasteiger partial charge in [-0.15, -0.1) is 11.3 Å². The number of benzene rings is 1. The molecule has 29 heavy (non-hydrogen) atoms. The molecule has 0 atom stereocenters. The highest BCUT2D eigenvalue weighted by Crippen LogP contribution is 2.36. The second-order valence-electron chi connectivity index (χ2n) is 6.63. The average molecular weight is 413 g/mol. The molecule has 152 valence electrons. The summed E-state index contributed by atoms with van der Waals surface area (Å²) in [6.07, 6.45) is 1.15. The van der Waals surface area contributed by atoms with Crippen LogP contribution in [0.25, 0.3) is 0 Å². The van der Waals surface area contributed by atoms with Gasteiger partial charge in [-0.2, -0.15) is 5.26 Å². The second kappa shape index (κ2) is 10.0. The van der Waals surface area contributed by atoms with Crippen LogP contribution in [0.1, 0.15) is 28.0 Å². The van der Waals surface area contributed by atoms with E-state index in [2.05, 4.69) is 11.4 Å². The van der Waals surface area contributed by atoms with Crippen LogP contribution in [0.5, 0.6) is 0 Å². The summed E-state index contributed by atoms with van der Waals surface area (Å²) in [5.74, 6) is -0.125. The lowest BCUT2D eigenvalue weighted by molar-refractivity contribution is -0.116. The maximum atomic E-state index is 12.4. The van der Waals surface area contributed by atoms with E-state index in [9.17, 15) is 14.9 Å². The number of methoxy groups -OCH3 is 1. The van der Waals surface area contributed by atoms with Gasteiger partial charge in [-0.1, -0.05) is 30.3 Å². The Hall–Kier alpha value is -2.89. The average Bonchev–Trinajstić information content (AvgIpc) is 3.09. The highest BCUT2D eigenvalue weighted by Gasteiger charge is 2.28. The van der Waals surface area contributed by atoms with Crippen LogP contribution in [0.15, 0.2) is 30.3 Å². The Bertz CT molecular complexity index is 905. The summed E-state index contributed by atoms with van der Waals surface area (Å²) in [5.41, 5.74) is 2.51. The Morgan fingerprint density at radius 2 is 2.07 bits per heavy atom. The van der Waals surface area contributed by atoms with E-state index in [1.54, 1.807) is 12.0 Å². The summed E-state index contributed by atoms with van der Waals surface area (Å²) in [6, 6.07) is 12.0. The molecule has 0 fully saturated rings. The van der Waals surface area contributed by atoms with Crippen molar-refractivity contribution in [3.8, 4) is 6.07 Å². The minimum atomic E-state index is -0.395. The molecule has 3 rings (SSSR count). The standard InChI is InChI=1S/C21H23N3O4S/c1-27-11-12-28-21(26)24-10-9-16-17(13-22)20(29-18(16)14-24)23-19(25)8-7-15-5-3-2-4-6-15/h2-6H,7-12,14H2,1H3,(H,23,25). The Morgan fingerprint density at radius 3 is 2.79 bits per heavy atom. The lowest BCUT2D eigenvalue weighted by atomic mass is 10.0. The van der Waals surface area contributed by atoms with Gasteiger partial charge in [0.15, 0.2) is 0 Å². The van der Waals surface area contributed by atoms with Crippen LogP contribution >= 0.6 is 11.3 Å². The van der Waals surface area contributed by atoms with E-state index in [-0.39, 0.29) is 12.5 Å². The zero-order valence-corrected chi connectivity index (χ0v) is 17.1. The molecular weight excluding hydrogens is 390 g/mol. The third-order valence-electron chi connectivity index (χ3n) is 4.68. The van der Waals surface area contributed by atoms with Gasteiger partial charge < -0.3 is 19.7 Å². The summed E-state index contributed by atoms with van der Waals surface area (Å²) in [4.78, 5) is 27.1. The van der Waals surface area contributed by atoms with Gasteiger partial charge in [-0.25, -0.2) is 4.79 Å². The molecule has 1 N–H and O–H groups in total. The van der Waals surface area contributed by atoms with Crippen LogP contribution in [0.2, 0.25) is 0 Å². The van der Waals surface area contributed by atoms with E-state index in [1.807, 2.05) is 30.3 Å². The van der Waals surface area contributed by atoms with Crippen molar-refractivity contribution in [1.82, 2.24) is 4.90 Å². The summed E-state index contributed by atoms with van der Waals surface area (Å²) < 4.78 is 10.1. The van der Waals surface area contributed by atoms with Crippen molar-refractivity contribution in [1.29, 1.82) is 5.26 Å². The molecule has 2 heterocycles. The number of nitriles is 1. The number of nitrogens with one attached hydrogen (secondary N) is 1. The Balaban J connectivity index is 1.62. The van der Waals surface area contributed by atoms with Gasteiger partial charge in [-0.05, 0) is 24.0 Å². The topological polar surface area (TPSA) is 91.7 Å². The summed E-state index contributed by atoms with van der Waals surface area (Å²) in [5, 5.41) is 13.0. The first-order valence-corrected chi connectivity index (χ1v) is 10.2. The van der Waals surface area contributed by atoms with Crippen molar-refractivity contribution >= 4 is 28.3 Å². The molecule has 2 aromatic rings. The SMILES string of the molecule is COCCOC(=O)N1CCc2c(sc(NC(=O)CCc3ccccc3)c2C#N)C1. The van der Waals surface area contributed by atoms with Crippen molar-refractivity contribution < 1.29 is 19.1 Å². The lowest BCUT2D eigenvalue weighted by Crippen LogP contribution is -2.36. The van der Waals surface area contributed by atoms with Gasteiger partial charge in [0.25, 0.3) is 0 Å². The maximum absolute atomic E-state index is 12.4. The number of thiophene rings is 1. The van der Waals surface area contributed by atoms with Crippen LogP contribution in [-0.4, -0.2) is 43.8 Å². The highest BCUT2D eigenvalue weighted by atomic mass is 32.1. The van der Waals surface area contributed by atoms with Gasteiger partial charge in [0, 0.05) is 25.0 Å². The third kappa shape index (κ3) is 5.34. The predicted octanol–water partition coefficient (Wildman–Crippen LogP) is 3.33. The molecule has 0 aliphatic carbocycles. The van der Waals surface area contributed by atoms with Crippen molar-refractivity contribution in [2.24, 2.45) is 0 Å².